The van der Waals surface area contributed by atoms with Crippen molar-refractivity contribution in [3.8, 4) is 0 Å². The standard InChI is InChI=1S/C4H7P3/c1-4-6-5-3-7(4)2/h3H,1-2H3. The third-order valence-electron chi connectivity index (χ3n) is 0.938. The molecule has 0 aliphatic rings. The Kier molecular flexibility index (Phi) is 1.87. The van der Waals surface area contributed by atoms with Crippen LogP contribution in [0.1, 0.15) is 5.03 Å². The number of rotatable bonds is 0. The fourth-order valence-electron chi connectivity index (χ4n) is 0.341. The van der Waals surface area contributed by atoms with Crippen LogP contribution in [0.15, 0.2) is 5.53 Å². The first-order chi connectivity index (χ1) is 3.30. The van der Waals surface area contributed by atoms with E-state index < -0.39 is 0 Å². The molecule has 1 unspecified atom stereocenters. The molecule has 0 fully saturated rings. The van der Waals surface area contributed by atoms with E-state index in [9.17, 15) is 0 Å². The van der Waals surface area contributed by atoms with Crippen LogP contribution in [0.25, 0.3) is 0 Å². The van der Waals surface area contributed by atoms with Gasteiger partial charge in [-0.3, -0.25) is 0 Å². The van der Waals surface area contributed by atoms with Crippen LogP contribution in [-0.4, -0.2) is 0 Å². The minimum absolute atomic E-state index is 0.241. The highest BCUT2D eigenvalue weighted by Crippen LogP contribution is 2.42. The van der Waals surface area contributed by atoms with Gasteiger partial charge >= 0.3 is 0 Å². The minimum atomic E-state index is 0.241. The fourth-order valence-corrected chi connectivity index (χ4v) is 7.13. The second-order valence-electron chi connectivity index (χ2n) is 1.49. The summed E-state index contributed by atoms with van der Waals surface area (Å²) in [6, 6.07) is 0. The lowest BCUT2D eigenvalue weighted by atomic mass is 11.0. The zero-order chi connectivity index (χ0) is 5.28. The van der Waals surface area contributed by atoms with Gasteiger partial charge in [0, 0.05) is 5.03 Å². The lowest BCUT2D eigenvalue weighted by Crippen LogP contribution is -1.43. The maximum absolute atomic E-state index is 2.41. The monoisotopic (exact) mass is 148 g/mol. The molecule has 0 saturated carbocycles. The van der Waals surface area contributed by atoms with Gasteiger partial charge in [-0.05, 0) is 34.9 Å². The van der Waals surface area contributed by atoms with Crippen molar-refractivity contribution in [2.45, 2.75) is 6.92 Å². The predicted octanol–water partition coefficient (Wildman–Crippen LogP) is 3.68. The van der Waals surface area contributed by atoms with Gasteiger partial charge < -0.3 is 0 Å². The van der Waals surface area contributed by atoms with Crippen molar-refractivity contribution in [2.75, 3.05) is 0 Å². The maximum atomic E-state index is 2.41. The Balaban J connectivity index is 3.12. The second kappa shape index (κ2) is 2.27. The lowest BCUT2D eigenvalue weighted by molar-refractivity contribution is 1.76. The van der Waals surface area contributed by atoms with Crippen LogP contribution in [0.5, 0.6) is 0 Å². The molecule has 7 heavy (non-hydrogen) atoms. The number of hydrogen-bond donors (Lipinski definition) is 0. The van der Waals surface area contributed by atoms with Crippen molar-refractivity contribution < 1.29 is 0 Å². The van der Waals surface area contributed by atoms with Crippen LogP contribution >= 0.6 is 23.3 Å². The van der Waals surface area contributed by atoms with Crippen LogP contribution in [0, 0.1) is 6.92 Å². The predicted molar refractivity (Wildman–Crippen MR) is 39.9 cm³/mol. The molecule has 0 N–H and O–H groups in total. The van der Waals surface area contributed by atoms with Gasteiger partial charge in [0.2, 0.25) is 0 Å². The molecule has 1 rings (SSSR count). The first-order valence-electron chi connectivity index (χ1n) is 2.11. The van der Waals surface area contributed by atoms with Gasteiger partial charge in [-0.15, -0.1) is 7.53 Å². The third-order valence-corrected chi connectivity index (χ3v) is 8.06. The first kappa shape index (κ1) is 5.77. The highest BCUT2D eigenvalue weighted by Gasteiger charge is 1.86. The van der Waals surface area contributed by atoms with E-state index in [0.29, 0.717) is 0 Å². The van der Waals surface area contributed by atoms with Gasteiger partial charge in [-0.25, -0.2) is 0 Å². The van der Waals surface area contributed by atoms with Crippen molar-refractivity contribution in [3.63, 3.8) is 0 Å². The molecular weight excluding hydrogens is 141 g/mol. The highest BCUT2D eigenvalue weighted by atomic mass is 31.8. The molecule has 0 aliphatic carbocycles. The Bertz CT molecular complexity index is 139. The van der Waals surface area contributed by atoms with Crippen LogP contribution in [0.4, 0.5) is 0 Å². The maximum Gasteiger partial charge on any atom is 0.000323 e. The molecule has 0 nitrogen and oxygen atoms in total. The van der Waals surface area contributed by atoms with Crippen LogP contribution in [0.2, 0.25) is 0 Å². The molecule has 1 heterocycles. The molecule has 0 aromatic carbocycles. The molecule has 1 aromatic heterocycles. The summed E-state index contributed by atoms with van der Waals surface area (Å²) in [7, 11) is 3.31. The smallest absolute Gasteiger partial charge is 0.000323 e. The van der Waals surface area contributed by atoms with Gasteiger partial charge in [0.15, 0.2) is 0 Å². The molecule has 0 saturated heterocycles. The van der Waals surface area contributed by atoms with Crippen molar-refractivity contribution >= 4 is 23.3 Å². The Morgan fingerprint density at radius 3 is 2.57 bits per heavy atom. The van der Waals surface area contributed by atoms with E-state index in [2.05, 4.69) is 19.1 Å². The normalized spacial score (nSPS) is 14.3. The van der Waals surface area contributed by atoms with Crippen molar-refractivity contribution in [2.24, 2.45) is 6.66 Å². The fraction of sp³-hybridized carbons (Fsp3) is 0.500. The van der Waals surface area contributed by atoms with Gasteiger partial charge in [0.25, 0.3) is 0 Å². The molecule has 0 radical (unpaired) electrons. The van der Waals surface area contributed by atoms with E-state index in [1.165, 1.54) is 7.87 Å². The molecular formula is C4H7P3. The van der Waals surface area contributed by atoms with Crippen molar-refractivity contribution in [1.29, 1.82) is 0 Å². The Hall–Kier alpha value is 0.640. The van der Waals surface area contributed by atoms with E-state index in [-0.39, 0.29) is 7.53 Å². The van der Waals surface area contributed by atoms with Gasteiger partial charge in [0.1, 0.15) is 0 Å². The average molecular weight is 148 g/mol. The SMILES string of the molecule is Cc1ppcp1C. The number of aryl methyl sites for hydroxylation is 2. The molecule has 1 atom stereocenters. The van der Waals surface area contributed by atoms with Gasteiger partial charge in [0.05, 0.1) is 0 Å². The van der Waals surface area contributed by atoms with Crippen molar-refractivity contribution in [3.05, 3.63) is 10.6 Å². The van der Waals surface area contributed by atoms with E-state index >= 15 is 0 Å². The third kappa shape index (κ3) is 1.26. The highest BCUT2D eigenvalue weighted by molar-refractivity contribution is 7.97. The van der Waals surface area contributed by atoms with Gasteiger partial charge in [-0.1, -0.05) is 0 Å². The number of hydrogen-bond acceptors (Lipinski definition) is 0. The lowest BCUT2D eigenvalue weighted by Gasteiger charge is -1.81. The summed E-state index contributed by atoms with van der Waals surface area (Å²) in [6.45, 7) is 4.57. The quantitative estimate of drug-likeness (QED) is 0.526. The largest absolute Gasteiger partial charge is 0.115 e. The molecule has 0 amide bonds. The molecule has 0 bridgehead atoms. The minimum Gasteiger partial charge on any atom is -0.115 e. The summed E-state index contributed by atoms with van der Waals surface area (Å²) in [5, 5.41) is 1.68. The Morgan fingerprint density at radius 1 is 1.71 bits per heavy atom. The summed E-state index contributed by atoms with van der Waals surface area (Å²) in [5.41, 5.74) is 2.41. The molecule has 38 valence electrons. The zero-order valence-corrected chi connectivity index (χ0v) is 7.10. The van der Waals surface area contributed by atoms with Crippen LogP contribution in [0.3, 0.4) is 0 Å². The molecule has 0 spiro atoms. The van der Waals surface area contributed by atoms with E-state index in [1.54, 1.807) is 12.9 Å². The molecule has 3 heteroatoms. The topological polar surface area (TPSA) is 0 Å². The molecule has 1 aromatic rings. The molecule has 0 aliphatic heterocycles. The Morgan fingerprint density at radius 2 is 2.43 bits per heavy atom. The van der Waals surface area contributed by atoms with E-state index in [4.69, 9.17) is 0 Å². The van der Waals surface area contributed by atoms with Crippen LogP contribution < -0.4 is 0 Å². The summed E-state index contributed by atoms with van der Waals surface area (Å²) in [4.78, 5) is 0. The van der Waals surface area contributed by atoms with E-state index in [0.717, 1.165) is 0 Å². The first-order valence-corrected chi connectivity index (χ1v) is 6.53. The summed E-state index contributed by atoms with van der Waals surface area (Å²) in [6.07, 6.45) is 0. The Labute approximate surface area is 48.1 Å². The van der Waals surface area contributed by atoms with E-state index in [1.807, 2.05) is 0 Å². The van der Waals surface area contributed by atoms with Crippen LogP contribution in [-0.2, 0) is 6.66 Å². The van der Waals surface area contributed by atoms with Gasteiger partial charge in [-0.2, -0.15) is 0 Å². The summed E-state index contributed by atoms with van der Waals surface area (Å²) < 4.78 is 0. The second-order valence-corrected chi connectivity index (χ2v) is 7.05. The average Bonchev–Trinajstić information content (AvgIpc) is 1.91. The summed E-state index contributed by atoms with van der Waals surface area (Å²) in [5.74, 6) is 0. The van der Waals surface area contributed by atoms with Crippen molar-refractivity contribution in [1.82, 2.24) is 0 Å². The zero-order valence-electron chi connectivity index (χ0n) is 4.42. The summed E-state index contributed by atoms with van der Waals surface area (Å²) >= 11 is 0.